The van der Waals surface area contributed by atoms with Crippen LogP contribution in [0.5, 0.6) is 0 Å². The molecule has 0 unspecified atom stereocenters. The molecule has 6 heterocycles. The zero-order chi connectivity index (χ0) is 29.6. The first kappa shape index (κ1) is 27.5. The number of aryl methyl sites for hydroxylation is 1. The van der Waals surface area contributed by atoms with Crippen LogP contribution in [0.25, 0.3) is 5.82 Å². The number of hydrogen-bond acceptors (Lipinski definition) is 7. The van der Waals surface area contributed by atoms with E-state index in [2.05, 4.69) is 35.9 Å². The van der Waals surface area contributed by atoms with Crippen molar-refractivity contribution in [2.45, 2.75) is 51.0 Å². The molecular formula is C27H28F4N10O. The third-order valence-electron chi connectivity index (χ3n) is 7.54. The molecule has 3 atom stereocenters. The van der Waals surface area contributed by atoms with Gasteiger partial charge in [-0.3, -0.25) is 5.10 Å². The van der Waals surface area contributed by atoms with Crippen LogP contribution in [0.2, 0.25) is 0 Å². The predicted molar refractivity (Wildman–Crippen MR) is 145 cm³/mol. The number of halogens is 4. The maximum Gasteiger partial charge on any atom is 0.416 e. The Morgan fingerprint density at radius 1 is 1.07 bits per heavy atom. The van der Waals surface area contributed by atoms with Gasteiger partial charge in [0.15, 0.2) is 17.5 Å². The lowest BCUT2D eigenvalue weighted by Gasteiger charge is -2.42. The number of hydrogen-bond donors (Lipinski definition) is 3. The summed E-state index contributed by atoms with van der Waals surface area (Å²) < 4.78 is 55.9. The number of anilines is 3. The van der Waals surface area contributed by atoms with E-state index < -0.39 is 17.6 Å². The number of nitrogens with zero attached hydrogens (tertiary/aromatic N) is 7. The number of fused-ring (bicyclic) bond motifs is 2. The first-order valence-electron chi connectivity index (χ1n) is 13.4. The number of carbonyl (C=O) groups excluding carboxylic acids is 1. The normalized spacial score (nSPS) is 19.2. The van der Waals surface area contributed by atoms with Gasteiger partial charge in [0.05, 0.1) is 36.1 Å². The van der Waals surface area contributed by atoms with Gasteiger partial charge in [-0.15, -0.1) is 0 Å². The lowest BCUT2D eigenvalue weighted by atomic mass is 10.1. The van der Waals surface area contributed by atoms with E-state index in [1.807, 2.05) is 11.8 Å². The molecule has 0 aromatic carbocycles. The number of H-pyrrole nitrogens is 1. The van der Waals surface area contributed by atoms with E-state index in [-0.39, 0.29) is 35.8 Å². The zero-order valence-corrected chi connectivity index (χ0v) is 22.7. The number of aromatic nitrogens is 6. The largest absolute Gasteiger partial charge is 0.416 e. The van der Waals surface area contributed by atoms with Crippen LogP contribution in [-0.4, -0.2) is 66.1 Å². The third kappa shape index (κ3) is 5.58. The minimum absolute atomic E-state index is 0.0324. The molecule has 2 aliphatic rings. The Morgan fingerprint density at radius 3 is 2.43 bits per heavy atom. The molecule has 4 aromatic heterocycles. The lowest BCUT2D eigenvalue weighted by molar-refractivity contribution is -0.137. The molecule has 15 heteroatoms. The van der Waals surface area contributed by atoms with Crippen LogP contribution in [-0.2, 0) is 6.18 Å². The van der Waals surface area contributed by atoms with E-state index in [9.17, 15) is 22.4 Å². The van der Waals surface area contributed by atoms with Crippen LogP contribution in [0.3, 0.4) is 0 Å². The van der Waals surface area contributed by atoms with Crippen LogP contribution in [0.15, 0.2) is 48.9 Å². The van der Waals surface area contributed by atoms with Crippen LogP contribution in [0, 0.1) is 12.7 Å². The zero-order valence-electron chi connectivity index (χ0n) is 22.7. The van der Waals surface area contributed by atoms with Crippen molar-refractivity contribution < 1.29 is 22.4 Å². The number of urea groups is 1. The highest BCUT2D eigenvalue weighted by atomic mass is 19.4. The first-order valence-corrected chi connectivity index (χ1v) is 13.4. The third-order valence-corrected chi connectivity index (χ3v) is 7.54. The van der Waals surface area contributed by atoms with Crippen LogP contribution in [0.1, 0.15) is 42.6 Å². The van der Waals surface area contributed by atoms with Crippen molar-refractivity contribution >= 4 is 23.5 Å². The second-order valence-corrected chi connectivity index (χ2v) is 10.6. The Bertz CT molecular complexity index is 1570. The molecular weight excluding hydrogens is 556 g/mol. The molecule has 11 nitrogen and oxygen atoms in total. The van der Waals surface area contributed by atoms with Crippen LogP contribution < -0.4 is 15.5 Å². The van der Waals surface area contributed by atoms with Crippen molar-refractivity contribution in [3.05, 3.63) is 71.6 Å². The van der Waals surface area contributed by atoms with Crippen molar-refractivity contribution in [3.8, 4) is 5.82 Å². The fourth-order valence-corrected chi connectivity index (χ4v) is 5.50. The van der Waals surface area contributed by atoms with Gasteiger partial charge >= 0.3 is 12.2 Å². The van der Waals surface area contributed by atoms with E-state index >= 15 is 0 Å². The molecule has 220 valence electrons. The van der Waals surface area contributed by atoms with Gasteiger partial charge in [-0.05, 0) is 50.5 Å². The molecule has 6 rings (SSSR count). The number of alkyl halides is 3. The summed E-state index contributed by atoms with van der Waals surface area (Å²) in [7, 11) is 0. The summed E-state index contributed by atoms with van der Waals surface area (Å²) in [4.78, 5) is 25.7. The van der Waals surface area contributed by atoms with Gasteiger partial charge in [0.25, 0.3) is 0 Å². The Balaban J connectivity index is 1.14. The summed E-state index contributed by atoms with van der Waals surface area (Å²) in [5, 5.41) is 16.5. The minimum atomic E-state index is -4.56. The number of aromatic amines is 1. The Labute approximate surface area is 237 Å². The van der Waals surface area contributed by atoms with Crippen molar-refractivity contribution in [2.75, 3.05) is 23.3 Å². The number of amides is 2. The van der Waals surface area contributed by atoms with Gasteiger partial charge in [-0.25, -0.2) is 23.8 Å². The maximum atomic E-state index is 13.8. The van der Waals surface area contributed by atoms with E-state index in [4.69, 9.17) is 0 Å². The maximum absolute atomic E-state index is 13.8. The number of nitrogens with one attached hydrogen (secondary N) is 3. The molecule has 2 aliphatic heterocycles. The second kappa shape index (κ2) is 10.6. The monoisotopic (exact) mass is 584 g/mol. The molecule has 42 heavy (non-hydrogen) atoms. The number of rotatable bonds is 6. The Morgan fingerprint density at radius 2 is 1.83 bits per heavy atom. The molecule has 3 N–H and O–H groups in total. The minimum Gasteiger partial charge on any atom is -0.352 e. The van der Waals surface area contributed by atoms with E-state index in [1.54, 1.807) is 36.2 Å². The molecule has 4 aromatic rings. The molecule has 2 saturated heterocycles. The van der Waals surface area contributed by atoms with Gasteiger partial charge in [0.1, 0.15) is 11.6 Å². The number of carbonyl (C=O) groups is 1. The summed E-state index contributed by atoms with van der Waals surface area (Å²) in [5.41, 5.74) is 0.691. The summed E-state index contributed by atoms with van der Waals surface area (Å²) in [5.74, 6) is 0.553. The van der Waals surface area contributed by atoms with Crippen molar-refractivity contribution in [1.82, 2.24) is 40.2 Å². The smallest absolute Gasteiger partial charge is 0.352 e. The van der Waals surface area contributed by atoms with E-state index in [0.29, 0.717) is 24.7 Å². The molecule has 0 spiro atoms. The summed E-state index contributed by atoms with van der Waals surface area (Å²) >= 11 is 0. The van der Waals surface area contributed by atoms with Crippen LogP contribution in [0.4, 0.5) is 39.8 Å². The van der Waals surface area contributed by atoms with Crippen molar-refractivity contribution in [2.24, 2.45) is 0 Å². The second-order valence-electron chi connectivity index (χ2n) is 10.6. The van der Waals surface area contributed by atoms with Crippen molar-refractivity contribution in [1.29, 1.82) is 0 Å². The molecule has 0 aliphatic carbocycles. The standard InChI is InChI=1S/C27H28F4N10O/c1-15-7-23(38-37-15)35-22-8-18(27(29,30)31)9-25(36-22)39-13-20-4-5-21(14-39)41(20)26(42)34-16(2)17-3-6-24(32-10-17)40-12-19(28)11-33-40/h3,6-12,16,20-21H,4-5,13-14H2,1-2H3,(H,34,42)(H2,35,36,37,38)/t16-,20-,21+/m0/s1. The topological polar surface area (TPSA) is 120 Å². The Kier molecular flexibility index (Phi) is 6.94. The Hall–Kier alpha value is -4.69. The summed E-state index contributed by atoms with van der Waals surface area (Å²) in [6.45, 7) is 4.32. The highest BCUT2D eigenvalue weighted by molar-refractivity contribution is 5.76. The van der Waals surface area contributed by atoms with E-state index in [1.165, 1.54) is 10.9 Å². The van der Waals surface area contributed by atoms with Gasteiger partial charge in [-0.2, -0.15) is 23.4 Å². The summed E-state index contributed by atoms with van der Waals surface area (Å²) in [6.07, 6.45) is 0.810. The van der Waals surface area contributed by atoms with Gasteiger partial charge < -0.3 is 20.4 Å². The average Bonchev–Trinajstić information content (AvgIpc) is 3.64. The molecule has 0 saturated carbocycles. The van der Waals surface area contributed by atoms with Crippen molar-refractivity contribution in [3.63, 3.8) is 0 Å². The van der Waals surface area contributed by atoms with Gasteiger partial charge in [-0.1, -0.05) is 6.07 Å². The fraction of sp³-hybridized carbons (Fsp3) is 0.370. The number of piperazine rings is 1. The molecule has 2 fully saturated rings. The quantitative estimate of drug-likeness (QED) is 0.281. The molecule has 0 radical (unpaired) electrons. The predicted octanol–water partition coefficient (Wildman–Crippen LogP) is 4.72. The SMILES string of the molecule is Cc1cc(Nc2cc(C(F)(F)F)cc(N3C[C@H]4CC[C@@H](C3)N4C(=O)N[C@@H](C)c3ccc(-n4cc(F)cn4)nc3)n2)n[nH]1. The van der Waals surface area contributed by atoms with Crippen LogP contribution >= 0.6 is 0 Å². The lowest BCUT2D eigenvalue weighted by Crippen LogP contribution is -2.58. The highest BCUT2D eigenvalue weighted by Crippen LogP contribution is 2.37. The fourth-order valence-electron chi connectivity index (χ4n) is 5.50. The molecule has 2 amide bonds. The van der Waals surface area contributed by atoms with Gasteiger partial charge in [0.2, 0.25) is 0 Å². The summed E-state index contributed by atoms with van der Waals surface area (Å²) in [6, 6.07) is 6.16. The highest BCUT2D eigenvalue weighted by Gasteiger charge is 2.44. The van der Waals surface area contributed by atoms with Gasteiger partial charge in [0, 0.05) is 31.0 Å². The number of pyridine rings is 2. The van der Waals surface area contributed by atoms with E-state index in [0.717, 1.165) is 42.4 Å². The first-order chi connectivity index (χ1) is 20.0. The molecule has 2 bridgehead atoms. The average molecular weight is 585 g/mol.